The lowest BCUT2D eigenvalue weighted by Gasteiger charge is -2.20. The summed E-state index contributed by atoms with van der Waals surface area (Å²) in [6, 6.07) is 16.3. The molecule has 2 rings (SSSR count). The third kappa shape index (κ3) is 2.20. The number of para-hydroxylation sites is 1. The van der Waals surface area contributed by atoms with Gasteiger partial charge in [0.2, 0.25) is 0 Å². The first-order chi connectivity index (χ1) is 7.68. The van der Waals surface area contributed by atoms with E-state index in [1.807, 2.05) is 44.3 Å². The minimum absolute atomic E-state index is 0.806. The van der Waals surface area contributed by atoms with E-state index in [2.05, 4.69) is 23.1 Å². The van der Waals surface area contributed by atoms with Crippen LogP contribution in [-0.2, 0) is 0 Å². The van der Waals surface area contributed by atoms with Crippen LogP contribution in [0.15, 0.2) is 48.5 Å². The molecule has 82 valence electrons. The van der Waals surface area contributed by atoms with Crippen molar-refractivity contribution in [1.82, 2.24) is 0 Å². The highest BCUT2D eigenvalue weighted by Gasteiger charge is 2.04. The van der Waals surface area contributed by atoms with Gasteiger partial charge in [0.25, 0.3) is 0 Å². The highest BCUT2D eigenvalue weighted by Crippen LogP contribution is 2.27. The van der Waals surface area contributed by atoms with Gasteiger partial charge in [-0.1, -0.05) is 35.9 Å². The molecule has 0 aliphatic rings. The van der Waals surface area contributed by atoms with Crippen molar-refractivity contribution in [3.63, 3.8) is 0 Å². The molecule has 0 saturated carbocycles. The van der Waals surface area contributed by atoms with Gasteiger partial charge in [-0.05, 0) is 36.8 Å². The lowest BCUT2D eigenvalue weighted by Crippen LogP contribution is -2.08. The van der Waals surface area contributed by atoms with Crippen LogP contribution in [-0.4, -0.2) is 7.05 Å². The van der Waals surface area contributed by atoms with Crippen LogP contribution in [0.4, 0.5) is 11.4 Å². The van der Waals surface area contributed by atoms with E-state index in [-0.39, 0.29) is 0 Å². The highest BCUT2D eigenvalue weighted by molar-refractivity contribution is 6.31. The van der Waals surface area contributed by atoms with Crippen molar-refractivity contribution in [3.8, 4) is 0 Å². The summed E-state index contributed by atoms with van der Waals surface area (Å²) in [5.74, 6) is 0. The number of anilines is 2. The van der Waals surface area contributed by atoms with Crippen LogP contribution in [0.5, 0.6) is 0 Å². The summed E-state index contributed by atoms with van der Waals surface area (Å²) < 4.78 is 0. The van der Waals surface area contributed by atoms with E-state index in [0.717, 1.165) is 22.0 Å². The second-order valence-corrected chi connectivity index (χ2v) is 4.24. The van der Waals surface area contributed by atoms with E-state index >= 15 is 0 Å². The number of hydrogen-bond donors (Lipinski definition) is 0. The van der Waals surface area contributed by atoms with Gasteiger partial charge in [0.1, 0.15) is 0 Å². The molecule has 0 unspecified atom stereocenters. The number of benzene rings is 2. The van der Waals surface area contributed by atoms with Crippen molar-refractivity contribution >= 4 is 23.0 Å². The van der Waals surface area contributed by atoms with Crippen LogP contribution >= 0.6 is 11.6 Å². The Hall–Kier alpha value is -1.47. The lowest BCUT2D eigenvalue weighted by molar-refractivity contribution is 1.20. The molecule has 0 N–H and O–H groups in total. The number of hydrogen-bond acceptors (Lipinski definition) is 1. The van der Waals surface area contributed by atoms with E-state index in [1.54, 1.807) is 0 Å². The molecule has 0 atom stereocenters. The summed E-state index contributed by atoms with van der Waals surface area (Å²) in [4.78, 5) is 2.12. The second-order valence-electron chi connectivity index (χ2n) is 3.83. The summed E-state index contributed by atoms with van der Waals surface area (Å²) in [5.41, 5.74) is 3.36. The van der Waals surface area contributed by atoms with Crippen molar-refractivity contribution in [2.24, 2.45) is 0 Å². The molecule has 2 heteroatoms. The molecule has 0 aromatic heterocycles. The van der Waals surface area contributed by atoms with Crippen molar-refractivity contribution < 1.29 is 0 Å². The van der Waals surface area contributed by atoms with Gasteiger partial charge in [-0.2, -0.15) is 0 Å². The van der Waals surface area contributed by atoms with Gasteiger partial charge in [0.15, 0.2) is 0 Å². The summed E-state index contributed by atoms with van der Waals surface area (Å²) >= 11 is 6.12. The van der Waals surface area contributed by atoms with Crippen molar-refractivity contribution in [2.45, 2.75) is 6.92 Å². The molecular weight excluding hydrogens is 218 g/mol. The van der Waals surface area contributed by atoms with E-state index in [1.165, 1.54) is 0 Å². The predicted octanol–water partition coefficient (Wildman–Crippen LogP) is 4.42. The molecule has 0 fully saturated rings. The molecule has 0 bridgehead atoms. The molecule has 16 heavy (non-hydrogen) atoms. The molecule has 0 spiro atoms. The van der Waals surface area contributed by atoms with E-state index in [4.69, 9.17) is 11.6 Å². The molecule has 0 radical (unpaired) electrons. The third-order valence-electron chi connectivity index (χ3n) is 2.69. The average molecular weight is 232 g/mol. The minimum Gasteiger partial charge on any atom is -0.345 e. The van der Waals surface area contributed by atoms with Crippen molar-refractivity contribution in [2.75, 3.05) is 11.9 Å². The maximum Gasteiger partial charge on any atom is 0.0455 e. The van der Waals surface area contributed by atoms with Crippen LogP contribution in [0.3, 0.4) is 0 Å². The lowest BCUT2D eigenvalue weighted by atomic mass is 10.2. The van der Waals surface area contributed by atoms with Crippen LogP contribution in [0, 0.1) is 6.92 Å². The topological polar surface area (TPSA) is 3.24 Å². The highest BCUT2D eigenvalue weighted by atomic mass is 35.5. The monoisotopic (exact) mass is 231 g/mol. The van der Waals surface area contributed by atoms with Gasteiger partial charge in [0.05, 0.1) is 0 Å². The maximum atomic E-state index is 6.12. The minimum atomic E-state index is 0.806. The van der Waals surface area contributed by atoms with Crippen LogP contribution in [0.25, 0.3) is 0 Å². The van der Waals surface area contributed by atoms with Crippen LogP contribution < -0.4 is 4.90 Å². The number of rotatable bonds is 2. The Morgan fingerprint density at radius 1 is 0.938 bits per heavy atom. The standard InChI is InChI=1S/C14H14ClN/c1-11-8-9-13(10-14(11)15)16(2)12-6-4-3-5-7-12/h3-10H,1-2H3. The number of halogens is 1. The maximum absolute atomic E-state index is 6.12. The van der Waals surface area contributed by atoms with Gasteiger partial charge in [-0.3, -0.25) is 0 Å². The molecule has 0 saturated heterocycles. The quantitative estimate of drug-likeness (QED) is 0.740. The zero-order chi connectivity index (χ0) is 11.5. The molecule has 2 aromatic carbocycles. The Kier molecular flexibility index (Phi) is 3.16. The first-order valence-electron chi connectivity index (χ1n) is 5.23. The van der Waals surface area contributed by atoms with Crippen molar-refractivity contribution in [1.29, 1.82) is 0 Å². The van der Waals surface area contributed by atoms with Crippen molar-refractivity contribution in [3.05, 3.63) is 59.1 Å². The van der Waals surface area contributed by atoms with E-state index in [9.17, 15) is 0 Å². The van der Waals surface area contributed by atoms with E-state index < -0.39 is 0 Å². The summed E-state index contributed by atoms with van der Waals surface area (Å²) in [6.07, 6.45) is 0. The molecule has 2 aromatic rings. The Balaban J connectivity index is 2.34. The second kappa shape index (κ2) is 4.58. The van der Waals surface area contributed by atoms with Gasteiger partial charge in [-0.25, -0.2) is 0 Å². The number of aryl methyl sites for hydroxylation is 1. The molecule has 0 aliphatic carbocycles. The van der Waals surface area contributed by atoms with Gasteiger partial charge >= 0.3 is 0 Å². The SMILES string of the molecule is Cc1ccc(N(C)c2ccccc2)cc1Cl. The fourth-order valence-corrected chi connectivity index (χ4v) is 1.77. The Bertz CT molecular complexity index is 479. The van der Waals surface area contributed by atoms with Gasteiger partial charge < -0.3 is 4.90 Å². The van der Waals surface area contributed by atoms with Crippen LogP contribution in [0.1, 0.15) is 5.56 Å². The first-order valence-corrected chi connectivity index (χ1v) is 5.61. The molecule has 0 heterocycles. The fraction of sp³-hybridized carbons (Fsp3) is 0.143. The van der Waals surface area contributed by atoms with Crippen LogP contribution in [0.2, 0.25) is 5.02 Å². The zero-order valence-corrected chi connectivity index (χ0v) is 10.2. The molecule has 0 amide bonds. The molecule has 0 aliphatic heterocycles. The molecule has 1 nitrogen and oxygen atoms in total. The van der Waals surface area contributed by atoms with Gasteiger partial charge in [0, 0.05) is 23.4 Å². The largest absolute Gasteiger partial charge is 0.345 e. The van der Waals surface area contributed by atoms with E-state index in [0.29, 0.717) is 0 Å². The fourth-order valence-electron chi connectivity index (χ4n) is 1.59. The average Bonchev–Trinajstić information content (AvgIpc) is 2.33. The summed E-state index contributed by atoms with van der Waals surface area (Å²) in [7, 11) is 2.04. The predicted molar refractivity (Wildman–Crippen MR) is 70.7 cm³/mol. The zero-order valence-electron chi connectivity index (χ0n) is 9.44. The smallest absolute Gasteiger partial charge is 0.0455 e. The van der Waals surface area contributed by atoms with Gasteiger partial charge in [-0.15, -0.1) is 0 Å². The third-order valence-corrected chi connectivity index (χ3v) is 3.09. The number of nitrogens with zero attached hydrogens (tertiary/aromatic N) is 1. The Labute approximate surface area is 101 Å². The summed E-state index contributed by atoms with van der Waals surface area (Å²) in [6.45, 7) is 2.01. The summed E-state index contributed by atoms with van der Waals surface area (Å²) in [5, 5.41) is 0.806. The molecular formula is C14H14ClN. The Morgan fingerprint density at radius 3 is 2.25 bits per heavy atom. The first kappa shape index (κ1) is 11.0. The Morgan fingerprint density at radius 2 is 1.62 bits per heavy atom. The normalized spacial score (nSPS) is 10.2.